The van der Waals surface area contributed by atoms with Gasteiger partial charge in [-0.15, -0.1) is 0 Å². The number of carbonyl (C=O) groups is 1. The van der Waals surface area contributed by atoms with E-state index in [1.54, 1.807) is 0 Å². The third-order valence-electron chi connectivity index (χ3n) is 0.783. The van der Waals surface area contributed by atoms with Crippen LogP contribution in [-0.4, -0.2) is 13.1 Å². The first kappa shape index (κ1) is 29.6. The fourth-order valence-electron chi connectivity index (χ4n) is 0.321. The second-order valence-electron chi connectivity index (χ2n) is 1.54. The third-order valence-corrected chi connectivity index (χ3v) is 0.783. The first-order valence-corrected chi connectivity index (χ1v) is 2.84. The van der Waals surface area contributed by atoms with Crippen molar-refractivity contribution in [3.8, 4) is 0 Å². The van der Waals surface area contributed by atoms with Crippen molar-refractivity contribution < 1.29 is 103 Å². The van der Waals surface area contributed by atoms with Crippen LogP contribution in [0, 0.1) is 6.92 Å². The maximum absolute atomic E-state index is 9.48. The molecule has 0 atom stereocenters. The van der Waals surface area contributed by atoms with Crippen molar-refractivity contribution in [3.63, 3.8) is 0 Å². The van der Waals surface area contributed by atoms with Crippen LogP contribution in [0.25, 0.3) is 0 Å². The summed E-state index contributed by atoms with van der Waals surface area (Å²) in [5, 5.41) is 0. The van der Waals surface area contributed by atoms with Gasteiger partial charge in [-0.05, 0) is 0 Å². The summed E-state index contributed by atoms with van der Waals surface area (Å²) in [5.41, 5.74) is 0. The van der Waals surface area contributed by atoms with Crippen LogP contribution in [-0.2, 0) is 31.2 Å². The van der Waals surface area contributed by atoms with E-state index in [0.29, 0.717) is 0 Å². The van der Waals surface area contributed by atoms with E-state index in [4.69, 9.17) is 0 Å². The van der Waals surface area contributed by atoms with Gasteiger partial charge >= 0.3 is 21.7 Å². The Bertz CT molecular complexity index is 152. The molecule has 0 bridgehead atoms. The Kier molecular flexibility index (Phi) is 50.8. The van der Waals surface area contributed by atoms with E-state index in [-0.39, 0.29) is 93.6 Å². The molecule has 1 rings (SSSR count). The first-order chi connectivity index (χ1) is 4.77. The third kappa shape index (κ3) is 29.2. The number of halogens is 3. The van der Waals surface area contributed by atoms with Gasteiger partial charge in [0, 0.05) is 0 Å². The summed E-state index contributed by atoms with van der Waals surface area (Å²) in [6.07, 6.45) is 0. The minimum Gasteiger partial charge on any atom is -1.00 e. The topological polar surface area (TPSA) is 26.3 Å². The molecule has 0 saturated carbocycles. The monoisotopic (exact) mass is 567 g/mol. The normalized spacial score (nSPS) is 5.21. The number of rotatable bonds is 0. The summed E-state index contributed by atoms with van der Waals surface area (Å²) in [5.74, 6) is -0.495. The van der Waals surface area contributed by atoms with Crippen LogP contribution in [0.5, 0.6) is 0 Å². The smallest absolute Gasteiger partial charge is 1.00 e. The van der Waals surface area contributed by atoms with Crippen molar-refractivity contribution >= 4 is 5.97 Å². The molecule has 81 valence electrons. The maximum Gasteiger partial charge on any atom is 3.00 e. The molecule has 1 radical (unpaired) electrons. The average molecular weight is 567 g/mol. The number of carbonyl (C=O) groups excluding carboxylic acids is 1. The zero-order chi connectivity index (χ0) is 7.82. The molecule has 0 aliphatic heterocycles. The first-order valence-electron chi connectivity index (χ1n) is 2.84. The number of ether oxygens (including phenoxy) is 1. The standard InChI is InChI=1S/C5H5.C3H5O2.3HI.Ti/c1-2-4-5-3-1;1-3(4)5-2;;;;/h1-5H;1H2,2H3;3*1H;/q2*-1;;;;+3/p-3. The Hall–Kier alpha value is 1.59. The zero-order valence-electron chi connectivity index (χ0n) is 7.54. The predicted octanol–water partition coefficient (Wildman–Crippen LogP) is -7.59. The Morgan fingerprint density at radius 2 is 1.50 bits per heavy atom. The minimum atomic E-state index is -0.495. The van der Waals surface area contributed by atoms with Crippen molar-refractivity contribution in [1.29, 1.82) is 0 Å². The van der Waals surface area contributed by atoms with E-state index < -0.39 is 5.97 Å². The molecular weight excluding hydrogens is 557 g/mol. The van der Waals surface area contributed by atoms with Gasteiger partial charge in [0.2, 0.25) is 0 Å². The Morgan fingerprint density at radius 3 is 1.57 bits per heavy atom. The van der Waals surface area contributed by atoms with E-state index in [1.807, 2.05) is 30.3 Å². The van der Waals surface area contributed by atoms with Crippen LogP contribution in [0.15, 0.2) is 30.3 Å². The molecule has 0 aliphatic rings. The minimum absolute atomic E-state index is 0. The number of hydrogen-bond acceptors (Lipinski definition) is 2. The van der Waals surface area contributed by atoms with E-state index in [1.165, 1.54) is 7.11 Å². The van der Waals surface area contributed by atoms with E-state index in [2.05, 4.69) is 11.7 Å². The Balaban J connectivity index is -0.0000000300. The quantitative estimate of drug-likeness (QED) is 0.135. The summed E-state index contributed by atoms with van der Waals surface area (Å²) in [6, 6.07) is 10.0. The van der Waals surface area contributed by atoms with E-state index in [0.717, 1.165) is 0 Å². The van der Waals surface area contributed by atoms with Crippen molar-refractivity contribution in [2.75, 3.05) is 7.11 Å². The second-order valence-corrected chi connectivity index (χ2v) is 1.54. The Labute approximate surface area is 151 Å². The van der Waals surface area contributed by atoms with Gasteiger partial charge in [-0.2, -0.15) is 18.2 Å². The summed E-state index contributed by atoms with van der Waals surface area (Å²) < 4.78 is 4.00. The molecule has 0 aromatic heterocycles. The summed E-state index contributed by atoms with van der Waals surface area (Å²) in [7, 11) is 1.29. The van der Waals surface area contributed by atoms with Gasteiger partial charge in [0.25, 0.3) is 0 Å². The van der Waals surface area contributed by atoms with Crippen LogP contribution in [0.3, 0.4) is 0 Å². The van der Waals surface area contributed by atoms with Gasteiger partial charge < -0.3 is 76.7 Å². The molecule has 0 fully saturated rings. The average Bonchev–Trinajstić information content (AvgIpc) is 2.43. The predicted molar refractivity (Wildman–Crippen MR) is 39.4 cm³/mol. The summed E-state index contributed by atoms with van der Waals surface area (Å²) >= 11 is 0. The summed E-state index contributed by atoms with van der Waals surface area (Å²) in [6.45, 7) is 2.90. The molecule has 0 aliphatic carbocycles. The molecule has 6 heteroatoms. The van der Waals surface area contributed by atoms with Gasteiger partial charge in [-0.25, -0.2) is 12.1 Å². The molecule has 0 saturated heterocycles. The molecular formula is C8H10I3O2Ti-2. The maximum atomic E-state index is 9.48. The van der Waals surface area contributed by atoms with Crippen LogP contribution < -0.4 is 71.9 Å². The van der Waals surface area contributed by atoms with Crippen molar-refractivity contribution in [3.05, 3.63) is 37.3 Å². The van der Waals surface area contributed by atoms with Crippen molar-refractivity contribution in [2.24, 2.45) is 0 Å². The molecule has 2 nitrogen and oxygen atoms in total. The molecule has 0 amide bonds. The number of hydrogen-bond donors (Lipinski definition) is 0. The fraction of sp³-hybridized carbons (Fsp3) is 0.125. The summed E-state index contributed by atoms with van der Waals surface area (Å²) in [4.78, 5) is 9.48. The van der Waals surface area contributed by atoms with Gasteiger partial charge in [0.1, 0.15) is 0 Å². The van der Waals surface area contributed by atoms with Gasteiger partial charge in [-0.3, -0.25) is 11.7 Å². The van der Waals surface area contributed by atoms with Crippen LogP contribution >= 0.6 is 0 Å². The van der Waals surface area contributed by atoms with Gasteiger partial charge in [-0.1, -0.05) is 0 Å². The number of esters is 1. The van der Waals surface area contributed by atoms with Crippen molar-refractivity contribution in [2.45, 2.75) is 0 Å². The molecule has 1 aromatic rings. The van der Waals surface area contributed by atoms with Crippen LogP contribution in [0.2, 0.25) is 0 Å². The Morgan fingerprint density at radius 1 is 1.21 bits per heavy atom. The van der Waals surface area contributed by atoms with Gasteiger partial charge in [0.15, 0.2) is 5.97 Å². The second kappa shape index (κ2) is 24.0. The molecule has 0 unspecified atom stereocenters. The zero-order valence-corrected chi connectivity index (χ0v) is 15.6. The van der Waals surface area contributed by atoms with E-state index >= 15 is 0 Å². The number of methoxy groups -OCH3 is 1. The van der Waals surface area contributed by atoms with Gasteiger partial charge in [0.05, 0.1) is 7.11 Å². The SMILES string of the molecule is [CH2-]C(=O)OC.[I-].[I-].[I-].[Ti+3].c1cc[cH-]c1. The molecule has 0 heterocycles. The molecule has 1 aromatic carbocycles. The largest absolute Gasteiger partial charge is 3.00 e. The molecule has 0 N–H and O–H groups in total. The fourth-order valence-corrected chi connectivity index (χ4v) is 0.321. The van der Waals surface area contributed by atoms with Crippen LogP contribution in [0.4, 0.5) is 0 Å². The molecule has 0 spiro atoms. The van der Waals surface area contributed by atoms with Crippen LogP contribution in [0.1, 0.15) is 0 Å². The van der Waals surface area contributed by atoms with E-state index in [9.17, 15) is 4.79 Å². The van der Waals surface area contributed by atoms with Crippen molar-refractivity contribution in [1.82, 2.24) is 0 Å². The molecule has 14 heavy (non-hydrogen) atoms.